The summed E-state index contributed by atoms with van der Waals surface area (Å²) in [7, 11) is 0.556. The molecule has 56 heavy (non-hydrogen) atoms. The molecule has 0 bridgehead atoms. The van der Waals surface area contributed by atoms with Crippen molar-refractivity contribution in [3.05, 3.63) is 45.9 Å². The average molecular weight is 826 g/mol. The zero-order valence-corrected chi connectivity index (χ0v) is 35.9. The van der Waals surface area contributed by atoms with Crippen LogP contribution in [0.25, 0.3) is 0 Å². The molecule has 2 rings (SSSR count). The summed E-state index contributed by atoms with van der Waals surface area (Å²) in [5.41, 5.74) is 0.664. The second-order valence-corrected chi connectivity index (χ2v) is 17.3. The quantitative estimate of drug-likeness (QED) is 0.0806. The molecule has 1 aromatic heterocycles. The van der Waals surface area contributed by atoms with Gasteiger partial charge in [-0.05, 0) is 62.4 Å². The number of hydrogen-bond donors (Lipinski definition) is 5. The number of nitrogens with one attached hydrogen (secondary N) is 2. The molecule has 16 nitrogen and oxygen atoms in total. The third-order valence-corrected chi connectivity index (χ3v) is 11.1. The molecule has 7 atom stereocenters. The van der Waals surface area contributed by atoms with E-state index in [2.05, 4.69) is 20.1 Å². The van der Waals surface area contributed by atoms with E-state index in [9.17, 15) is 33.6 Å². The summed E-state index contributed by atoms with van der Waals surface area (Å²) in [5, 5.41) is 17.3. The van der Waals surface area contributed by atoms with Crippen LogP contribution in [0.1, 0.15) is 102 Å². The fraction of sp³-hybridized carbons (Fsp3) is 0.632. The first-order valence-corrected chi connectivity index (χ1v) is 21.1. The van der Waals surface area contributed by atoms with E-state index in [0.29, 0.717) is 17.0 Å². The van der Waals surface area contributed by atoms with Gasteiger partial charge >= 0.3 is 19.8 Å². The largest absolute Gasteiger partial charge is 0.524 e. The summed E-state index contributed by atoms with van der Waals surface area (Å²) >= 11 is 1.10. The zero-order valence-electron chi connectivity index (χ0n) is 34.2. The maximum Gasteiger partial charge on any atom is 0.524 e. The second-order valence-electron chi connectivity index (χ2n) is 15.3. The zero-order chi connectivity index (χ0) is 42.7. The number of carbonyl (C=O) groups is 5. The second kappa shape index (κ2) is 21.6. The number of carboxylic acid groups (broad SMARTS) is 1. The van der Waals surface area contributed by atoms with E-state index < -0.39 is 61.9 Å². The third-order valence-electron chi connectivity index (χ3n) is 9.67. The molecule has 0 aliphatic heterocycles. The molecule has 0 radical (unpaired) electrons. The van der Waals surface area contributed by atoms with Crippen molar-refractivity contribution < 1.29 is 52.7 Å². The van der Waals surface area contributed by atoms with Crippen LogP contribution < -0.4 is 15.2 Å². The number of hydrogen-bond acceptors (Lipinski definition) is 11. The lowest BCUT2D eigenvalue weighted by Gasteiger charge is -2.37. The van der Waals surface area contributed by atoms with Crippen LogP contribution in [0.4, 0.5) is 0 Å². The first-order valence-electron chi connectivity index (χ1n) is 18.7. The van der Waals surface area contributed by atoms with E-state index in [-0.39, 0.29) is 60.3 Å². The molecule has 1 aromatic carbocycles. The molecule has 0 saturated heterocycles. The minimum absolute atomic E-state index is 0.00516. The third kappa shape index (κ3) is 14.9. The number of likely N-dealkylation sites (N-methyl/N-ethyl adjacent to an activating group) is 2. The molecule has 5 N–H and O–H groups in total. The minimum atomic E-state index is -4.76. The Balaban J connectivity index is 2.36. The van der Waals surface area contributed by atoms with E-state index in [1.165, 1.54) is 31.4 Å². The van der Waals surface area contributed by atoms with Gasteiger partial charge in [0.05, 0.1) is 12.0 Å². The Kier molecular flexibility index (Phi) is 18.6. The van der Waals surface area contributed by atoms with Gasteiger partial charge in [0.15, 0.2) is 6.10 Å². The Labute approximate surface area is 334 Å². The summed E-state index contributed by atoms with van der Waals surface area (Å²) in [4.78, 5) is 91.4. The van der Waals surface area contributed by atoms with Crippen molar-refractivity contribution in [3.8, 4) is 5.75 Å². The molecule has 0 aliphatic carbocycles. The number of esters is 1. The maximum atomic E-state index is 14.2. The number of rotatable bonds is 22. The van der Waals surface area contributed by atoms with Crippen molar-refractivity contribution >= 4 is 48.8 Å². The molecular weight excluding hydrogens is 765 g/mol. The van der Waals surface area contributed by atoms with Crippen LogP contribution in [-0.2, 0) is 34.9 Å². The van der Waals surface area contributed by atoms with Crippen molar-refractivity contribution in [1.29, 1.82) is 0 Å². The number of amides is 3. The minimum Gasteiger partial charge on any atom is -0.481 e. The van der Waals surface area contributed by atoms with Gasteiger partial charge in [0, 0.05) is 37.9 Å². The maximum absolute atomic E-state index is 14.2. The van der Waals surface area contributed by atoms with E-state index in [1.54, 1.807) is 24.1 Å². The highest BCUT2D eigenvalue weighted by atomic mass is 32.1. The summed E-state index contributed by atoms with van der Waals surface area (Å²) < 4.78 is 21.5. The standard InChI is InChI=1S/C38H60N5O11PS/c1-12-23(6)32(41-35(46)33(22(4)5)42(9)10)37(47)43(11)30(21(2)3)19-31(53-25(8)44)36-40-29(20-56-36)34(45)39-27(17-24(7)38(48)49)18-26-13-15-28(16-14-26)54-55(50,51)52/h13-16,20-24,27,30-33H,12,17-19H2,1-11H3,(H,39,45)(H,41,46)(H,48,49)(H2,50,51,52)/t23-,24?,27+,30+,31+,32-,33+/m0/s1. The van der Waals surface area contributed by atoms with Crippen molar-refractivity contribution in [3.63, 3.8) is 0 Å². The number of phosphoric ester groups is 1. The Morgan fingerprint density at radius 2 is 1.54 bits per heavy atom. The van der Waals surface area contributed by atoms with Gasteiger partial charge in [0.25, 0.3) is 5.91 Å². The molecule has 1 unspecified atom stereocenters. The summed E-state index contributed by atoms with van der Waals surface area (Å²) in [6.07, 6.45) is 0.129. The molecule has 0 spiro atoms. The van der Waals surface area contributed by atoms with Gasteiger partial charge in [-0.25, -0.2) is 9.55 Å². The monoisotopic (exact) mass is 825 g/mol. The normalized spacial score (nSPS) is 15.6. The SMILES string of the molecule is CC[C@H](C)[C@H](NC(=O)[C@@H](C(C)C)N(C)C)C(=O)N(C)[C@H](C[C@@H](OC(C)=O)c1nc(C(=O)N[C@@H](Cc2ccc(OP(=O)(O)O)cc2)CC(C)C(=O)O)cs1)C(C)C. The number of aliphatic carboxylic acids is 1. The van der Waals surface area contributed by atoms with Crippen molar-refractivity contribution in [1.82, 2.24) is 25.4 Å². The lowest BCUT2D eigenvalue weighted by Crippen LogP contribution is -2.58. The van der Waals surface area contributed by atoms with Gasteiger partial charge in [-0.1, -0.05) is 67.0 Å². The van der Waals surface area contributed by atoms with Gasteiger partial charge in [-0.15, -0.1) is 11.3 Å². The molecule has 1 heterocycles. The molecule has 0 saturated carbocycles. The Morgan fingerprint density at radius 1 is 0.929 bits per heavy atom. The van der Waals surface area contributed by atoms with E-state index in [1.807, 2.05) is 60.5 Å². The molecule has 0 fully saturated rings. The number of ether oxygens (including phenoxy) is 1. The number of carboxylic acids is 1. The van der Waals surface area contributed by atoms with Crippen molar-refractivity contribution in [2.24, 2.45) is 23.7 Å². The van der Waals surface area contributed by atoms with Crippen molar-refractivity contribution in [2.45, 2.75) is 111 Å². The molecule has 314 valence electrons. The summed E-state index contributed by atoms with van der Waals surface area (Å²) in [6, 6.07) is 3.45. The van der Waals surface area contributed by atoms with Crippen LogP contribution in [0, 0.1) is 23.7 Å². The number of aromatic nitrogens is 1. The fourth-order valence-corrected chi connectivity index (χ4v) is 7.80. The molecular formula is C38H60N5O11PS. The van der Waals surface area contributed by atoms with Gasteiger partial charge in [-0.3, -0.25) is 38.7 Å². The van der Waals surface area contributed by atoms with Gasteiger partial charge in [0.2, 0.25) is 11.8 Å². The van der Waals surface area contributed by atoms with Gasteiger partial charge in [0.1, 0.15) is 22.5 Å². The number of carbonyl (C=O) groups excluding carboxylic acids is 4. The first-order chi connectivity index (χ1) is 25.9. The lowest BCUT2D eigenvalue weighted by atomic mass is 9.92. The van der Waals surface area contributed by atoms with Gasteiger partial charge in [-0.2, -0.15) is 0 Å². The average Bonchev–Trinajstić information content (AvgIpc) is 3.58. The predicted octanol–water partition coefficient (Wildman–Crippen LogP) is 4.66. The fourth-order valence-electron chi connectivity index (χ4n) is 6.56. The number of phosphoric acid groups is 1. The lowest BCUT2D eigenvalue weighted by molar-refractivity contribution is -0.149. The van der Waals surface area contributed by atoms with E-state index >= 15 is 0 Å². The summed E-state index contributed by atoms with van der Waals surface area (Å²) in [5.74, 6) is -3.90. The number of nitrogens with zero attached hydrogens (tertiary/aromatic N) is 3. The predicted molar refractivity (Wildman–Crippen MR) is 212 cm³/mol. The summed E-state index contributed by atoms with van der Waals surface area (Å²) in [6.45, 7) is 14.4. The molecule has 0 aliphatic rings. The van der Waals surface area contributed by atoms with Crippen LogP contribution in [-0.4, -0.2) is 105 Å². The van der Waals surface area contributed by atoms with Crippen LogP contribution >= 0.6 is 19.2 Å². The highest BCUT2D eigenvalue weighted by Gasteiger charge is 2.37. The molecule has 3 amide bonds. The first kappa shape index (κ1) is 48.3. The van der Waals surface area contributed by atoms with Crippen molar-refractivity contribution in [2.75, 3.05) is 21.1 Å². The Bertz CT molecular complexity index is 1670. The number of thiazole rings is 1. The van der Waals surface area contributed by atoms with E-state index in [4.69, 9.17) is 14.5 Å². The van der Waals surface area contributed by atoms with Crippen LogP contribution in [0.15, 0.2) is 29.6 Å². The Hall–Kier alpha value is -3.89. The molecule has 18 heteroatoms. The highest BCUT2D eigenvalue weighted by Crippen LogP contribution is 2.37. The van der Waals surface area contributed by atoms with Crippen LogP contribution in [0.3, 0.4) is 0 Å². The Morgan fingerprint density at radius 3 is 2.02 bits per heavy atom. The van der Waals surface area contributed by atoms with Crippen LogP contribution in [0.2, 0.25) is 0 Å². The smallest absolute Gasteiger partial charge is 0.481 e. The molecule has 2 aromatic rings. The van der Waals surface area contributed by atoms with E-state index in [0.717, 1.165) is 11.3 Å². The van der Waals surface area contributed by atoms with Gasteiger partial charge < -0.3 is 29.9 Å². The van der Waals surface area contributed by atoms with Crippen LogP contribution in [0.5, 0.6) is 5.75 Å². The number of benzene rings is 1. The topological polar surface area (TPSA) is 225 Å². The highest BCUT2D eigenvalue weighted by molar-refractivity contribution is 7.46.